The van der Waals surface area contributed by atoms with Gasteiger partial charge in [-0.25, -0.2) is 9.59 Å². The average molecular weight is 212 g/mol. The Morgan fingerprint density at radius 2 is 2.07 bits per heavy atom. The summed E-state index contributed by atoms with van der Waals surface area (Å²) in [5, 5.41) is 10.6. The smallest absolute Gasteiger partial charge is 0.296 e. The molecule has 2 heterocycles. The van der Waals surface area contributed by atoms with Gasteiger partial charge in [0.2, 0.25) is 0 Å². The van der Waals surface area contributed by atoms with Gasteiger partial charge in [-0.3, -0.25) is 9.51 Å². The van der Waals surface area contributed by atoms with Crippen molar-refractivity contribution in [1.82, 2.24) is 29.9 Å². The molecule has 9 nitrogen and oxygen atoms in total. The fourth-order valence-electron chi connectivity index (χ4n) is 1.07. The molecule has 2 aromatic rings. The average Bonchev–Trinajstić information content (AvgIpc) is 2.76. The Morgan fingerprint density at radius 1 is 1.33 bits per heavy atom. The largest absolute Gasteiger partial charge is 0.438 e. The highest BCUT2D eigenvalue weighted by Gasteiger charge is 2.08. The number of hydrogen-bond acceptors (Lipinski definition) is 6. The molecule has 0 aliphatic heterocycles. The van der Waals surface area contributed by atoms with Crippen LogP contribution in [0.5, 0.6) is 0 Å². The van der Waals surface area contributed by atoms with Crippen molar-refractivity contribution in [2.75, 3.05) is 0 Å². The summed E-state index contributed by atoms with van der Waals surface area (Å²) in [7, 11) is 0. The number of aromatic amines is 1. The van der Waals surface area contributed by atoms with Crippen molar-refractivity contribution in [3.8, 4) is 0 Å². The zero-order valence-electron chi connectivity index (χ0n) is 7.88. The highest BCUT2D eigenvalue weighted by Crippen LogP contribution is 1.86. The fraction of sp³-hybridized carbons (Fsp3) is 0.500. The van der Waals surface area contributed by atoms with Crippen LogP contribution in [-0.2, 0) is 13.1 Å². The molecule has 0 saturated heterocycles. The zero-order chi connectivity index (χ0) is 10.8. The first kappa shape index (κ1) is 9.37. The first-order valence-corrected chi connectivity index (χ1v) is 4.26. The molecule has 15 heavy (non-hydrogen) atoms. The van der Waals surface area contributed by atoms with Gasteiger partial charge in [-0.15, -0.1) is 0 Å². The Bertz CT molecular complexity index is 560. The summed E-state index contributed by atoms with van der Waals surface area (Å²) in [6.07, 6.45) is 0. The van der Waals surface area contributed by atoms with E-state index < -0.39 is 5.76 Å². The van der Waals surface area contributed by atoms with Crippen molar-refractivity contribution in [3.05, 3.63) is 26.9 Å². The number of aromatic nitrogens is 6. The molecular weight excluding hydrogens is 204 g/mol. The lowest BCUT2D eigenvalue weighted by atomic mass is 10.6. The van der Waals surface area contributed by atoms with E-state index in [1.807, 2.05) is 0 Å². The third-order valence-electron chi connectivity index (χ3n) is 1.78. The highest BCUT2D eigenvalue weighted by molar-refractivity contribution is 4.78. The fourth-order valence-corrected chi connectivity index (χ4v) is 1.07. The van der Waals surface area contributed by atoms with Crippen molar-refractivity contribution in [2.45, 2.75) is 20.0 Å². The van der Waals surface area contributed by atoms with Crippen molar-refractivity contribution < 1.29 is 4.52 Å². The molecule has 1 N–H and O–H groups in total. The maximum atomic E-state index is 11.5. The van der Waals surface area contributed by atoms with Crippen LogP contribution in [0.4, 0.5) is 0 Å². The number of nitrogens with one attached hydrogen (secondary N) is 1. The van der Waals surface area contributed by atoms with Crippen molar-refractivity contribution in [2.24, 2.45) is 0 Å². The molecule has 0 spiro atoms. The molecule has 0 aliphatic carbocycles. The lowest BCUT2D eigenvalue weighted by Gasteiger charge is -1.91. The second-order valence-electron chi connectivity index (χ2n) is 2.78. The van der Waals surface area contributed by atoms with E-state index in [2.05, 4.69) is 25.1 Å². The van der Waals surface area contributed by atoms with Gasteiger partial charge in [0.25, 0.3) is 0 Å². The van der Waals surface area contributed by atoms with Crippen LogP contribution in [0, 0.1) is 0 Å². The van der Waals surface area contributed by atoms with Gasteiger partial charge in [0.1, 0.15) is 6.54 Å². The summed E-state index contributed by atoms with van der Waals surface area (Å²) in [6.45, 7) is 2.25. The summed E-state index contributed by atoms with van der Waals surface area (Å²) in [4.78, 5) is 24.4. The maximum absolute atomic E-state index is 11.5. The van der Waals surface area contributed by atoms with E-state index in [0.29, 0.717) is 6.54 Å². The Morgan fingerprint density at radius 3 is 2.60 bits per heavy atom. The van der Waals surface area contributed by atoms with E-state index >= 15 is 0 Å². The van der Waals surface area contributed by atoms with E-state index in [9.17, 15) is 9.59 Å². The molecule has 2 aromatic heterocycles. The molecule has 0 amide bonds. The third kappa shape index (κ3) is 1.71. The number of rotatable bonds is 3. The van der Waals surface area contributed by atoms with Crippen LogP contribution in [-0.4, -0.2) is 29.9 Å². The predicted octanol–water partition coefficient (Wildman–Crippen LogP) is -1.82. The molecule has 0 unspecified atom stereocenters. The minimum absolute atomic E-state index is 0.0323. The minimum atomic E-state index is -0.666. The summed E-state index contributed by atoms with van der Waals surface area (Å²) in [5.74, 6) is -0.439. The van der Waals surface area contributed by atoms with Crippen molar-refractivity contribution >= 4 is 0 Å². The van der Waals surface area contributed by atoms with Crippen LogP contribution in [0.15, 0.2) is 14.1 Å². The molecule has 80 valence electrons. The highest BCUT2D eigenvalue weighted by atomic mass is 16.5. The lowest BCUT2D eigenvalue weighted by molar-refractivity contribution is 0.378. The SMILES string of the molecule is CCn1nnn(Cc2noc(=O)[nH]2)c1=O. The summed E-state index contributed by atoms with van der Waals surface area (Å²) in [6, 6.07) is 0. The standard InChI is InChI=1S/C6H8N6O3/c1-2-11-6(14)12(10-9-11)3-4-7-5(13)15-8-4/h2-3H2,1H3,(H,7,8,13). The number of tetrazole rings is 1. The van der Waals surface area contributed by atoms with E-state index in [1.54, 1.807) is 6.92 Å². The first-order chi connectivity index (χ1) is 7.20. The monoisotopic (exact) mass is 212 g/mol. The van der Waals surface area contributed by atoms with Gasteiger partial charge in [0.05, 0.1) is 0 Å². The third-order valence-corrected chi connectivity index (χ3v) is 1.78. The van der Waals surface area contributed by atoms with Crippen molar-refractivity contribution in [1.29, 1.82) is 0 Å². The Balaban J connectivity index is 2.28. The second-order valence-corrected chi connectivity index (χ2v) is 2.78. The zero-order valence-corrected chi connectivity index (χ0v) is 7.88. The molecular formula is C6H8N6O3. The summed E-state index contributed by atoms with van der Waals surface area (Å²) < 4.78 is 6.55. The van der Waals surface area contributed by atoms with Crippen LogP contribution < -0.4 is 11.4 Å². The molecule has 9 heteroatoms. The van der Waals surface area contributed by atoms with Crippen molar-refractivity contribution in [3.63, 3.8) is 0 Å². The first-order valence-electron chi connectivity index (χ1n) is 4.26. The van der Waals surface area contributed by atoms with E-state index in [0.717, 1.165) is 4.68 Å². The normalized spacial score (nSPS) is 10.7. The molecule has 0 atom stereocenters. The van der Waals surface area contributed by atoms with Gasteiger partial charge in [0.15, 0.2) is 5.82 Å². The minimum Gasteiger partial charge on any atom is -0.296 e. The maximum Gasteiger partial charge on any atom is 0.438 e. The quantitative estimate of drug-likeness (QED) is 0.641. The number of aryl methyl sites for hydroxylation is 1. The van der Waals surface area contributed by atoms with Gasteiger partial charge >= 0.3 is 11.4 Å². The number of hydrogen-bond donors (Lipinski definition) is 1. The van der Waals surface area contributed by atoms with E-state index in [-0.39, 0.29) is 18.1 Å². The van der Waals surface area contributed by atoms with Gasteiger partial charge in [-0.2, -0.15) is 9.36 Å². The Kier molecular flexibility index (Phi) is 2.20. The van der Waals surface area contributed by atoms with Crippen LogP contribution in [0.2, 0.25) is 0 Å². The molecule has 0 radical (unpaired) electrons. The summed E-state index contributed by atoms with van der Waals surface area (Å²) in [5.41, 5.74) is -0.360. The van der Waals surface area contributed by atoms with Crippen LogP contribution >= 0.6 is 0 Å². The lowest BCUT2D eigenvalue weighted by Crippen LogP contribution is -2.25. The summed E-state index contributed by atoms with van der Waals surface area (Å²) >= 11 is 0. The van der Waals surface area contributed by atoms with Crippen LogP contribution in [0.25, 0.3) is 0 Å². The molecule has 0 saturated carbocycles. The second kappa shape index (κ2) is 3.52. The van der Waals surface area contributed by atoms with Gasteiger partial charge in [-0.05, 0) is 17.4 Å². The molecule has 0 fully saturated rings. The van der Waals surface area contributed by atoms with Crippen LogP contribution in [0.1, 0.15) is 12.7 Å². The molecule has 2 rings (SSSR count). The van der Waals surface area contributed by atoms with E-state index in [4.69, 9.17) is 0 Å². The molecule has 0 bridgehead atoms. The Labute approximate surface area is 82.3 Å². The molecule has 0 aliphatic rings. The van der Waals surface area contributed by atoms with Gasteiger partial charge in [0, 0.05) is 6.54 Å². The van der Waals surface area contributed by atoms with E-state index in [1.165, 1.54) is 4.68 Å². The van der Waals surface area contributed by atoms with Crippen LogP contribution in [0.3, 0.4) is 0 Å². The number of H-pyrrole nitrogens is 1. The van der Waals surface area contributed by atoms with Gasteiger partial charge in [-0.1, -0.05) is 5.16 Å². The van der Waals surface area contributed by atoms with Gasteiger partial charge < -0.3 is 0 Å². The topological polar surface area (TPSA) is 112 Å². The number of nitrogens with zero attached hydrogens (tertiary/aromatic N) is 5. The Hall–Kier alpha value is -2.19. The molecule has 0 aromatic carbocycles. The predicted molar refractivity (Wildman–Crippen MR) is 46.2 cm³/mol.